The van der Waals surface area contributed by atoms with Gasteiger partial charge >= 0.3 is 6.18 Å². The van der Waals surface area contributed by atoms with Crippen molar-refractivity contribution in [2.24, 2.45) is 5.84 Å². The van der Waals surface area contributed by atoms with Crippen LogP contribution >= 0.6 is 11.6 Å². The molecule has 0 heterocycles. The van der Waals surface area contributed by atoms with Gasteiger partial charge in [0.05, 0.1) is 11.6 Å². The van der Waals surface area contributed by atoms with Crippen LogP contribution in [-0.4, -0.2) is 0 Å². The lowest BCUT2D eigenvalue weighted by Gasteiger charge is -2.20. The molecule has 0 fully saturated rings. The highest BCUT2D eigenvalue weighted by Crippen LogP contribution is 2.34. The van der Waals surface area contributed by atoms with Gasteiger partial charge in [0.15, 0.2) is 0 Å². The molecule has 0 aliphatic heterocycles. The molecule has 2 aromatic carbocycles. The minimum Gasteiger partial charge on any atom is -0.271 e. The SMILES string of the molecule is NNC(c1cccc(C(F)(F)F)c1)c1c(F)cccc1Cl. The molecule has 0 aliphatic carbocycles. The molecule has 2 nitrogen and oxygen atoms in total. The molecule has 0 aliphatic rings. The first-order valence-electron chi connectivity index (χ1n) is 5.91. The van der Waals surface area contributed by atoms with E-state index in [2.05, 4.69) is 5.43 Å². The van der Waals surface area contributed by atoms with Crippen molar-refractivity contribution in [2.45, 2.75) is 12.2 Å². The molecule has 0 radical (unpaired) electrons. The Morgan fingerprint density at radius 3 is 2.33 bits per heavy atom. The van der Waals surface area contributed by atoms with E-state index >= 15 is 0 Å². The standard InChI is InChI=1S/C14H11ClF4N2/c15-10-5-2-6-11(16)12(10)13(21-20)8-3-1-4-9(7-8)14(17,18)19/h1-7,13,21H,20H2. The molecule has 7 heteroatoms. The molecule has 2 aromatic rings. The van der Waals surface area contributed by atoms with Crippen molar-refractivity contribution < 1.29 is 17.6 Å². The maximum Gasteiger partial charge on any atom is 0.416 e. The molecule has 0 amide bonds. The number of nitrogens with one attached hydrogen (secondary N) is 1. The third kappa shape index (κ3) is 3.34. The van der Waals surface area contributed by atoms with E-state index < -0.39 is 23.6 Å². The molecule has 0 bridgehead atoms. The fraction of sp³-hybridized carbons (Fsp3) is 0.143. The quantitative estimate of drug-likeness (QED) is 0.509. The Bertz CT molecular complexity index is 623. The number of benzene rings is 2. The van der Waals surface area contributed by atoms with Crippen molar-refractivity contribution in [3.8, 4) is 0 Å². The molecule has 112 valence electrons. The molecular formula is C14H11ClF4N2. The van der Waals surface area contributed by atoms with E-state index in [9.17, 15) is 17.6 Å². The highest BCUT2D eigenvalue weighted by molar-refractivity contribution is 6.31. The van der Waals surface area contributed by atoms with Crippen LogP contribution in [0, 0.1) is 5.82 Å². The van der Waals surface area contributed by atoms with Crippen molar-refractivity contribution in [1.29, 1.82) is 0 Å². The molecule has 2 rings (SSSR count). The van der Waals surface area contributed by atoms with Gasteiger partial charge in [0.2, 0.25) is 0 Å². The molecule has 0 saturated carbocycles. The van der Waals surface area contributed by atoms with Crippen molar-refractivity contribution in [3.05, 3.63) is 70.0 Å². The molecule has 1 atom stereocenters. The van der Waals surface area contributed by atoms with Crippen molar-refractivity contribution in [1.82, 2.24) is 5.43 Å². The Balaban J connectivity index is 2.52. The van der Waals surface area contributed by atoms with E-state index in [0.29, 0.717) is 0 Å². The van der Waals surface area contributed by atoms with Crippen molar-refractivity contribution in [2.75, 3.05) is 0 Å². The van der Waals surface area contributed by atoms with Gasteiger partial charge in [-0.05, 0) is 29.8 Å². The number of hydrazine groups is 1. The largest absolute Gasteiger partial charge is 0.416 e. The first-order valence-corrected chi connectivity index (χ1v) is 6.29. The smallest absolute Gasteiger partial charge is 0.271 e. The monoisotopic (exact) mass is 318 g/mol. The number of nitrogens with two attached hydrogens (primary N) is 1. The molecule has 0 aromatic heterocycles. The molecule has 21 heavy (non-hydrogen) atoms. The van der Waals surface area contributed by atoms with Crippen molar-refractivity contribution in [3.63, 3.8) is 0 Å². The van der Waals surface area contributed by atoms with Crippen LogP contribution in [0.2, 0.25) is 5.02 Å². The van der Waals surface area contributed by atoms with Crippen LogP contribution in [0.15, 0.2) is 42.5 Å². The summed E-state index contributed by atoms with van der Waals surface area (Å²) in [6.07, 6.45) is -4.49. The van der Waals surface area contributed by atoms with Crippen LogP contribution in [0.1, 0.15) is 22.7 Å². The third-order valence-electron chi connectivity index (χ3n) is 3.00. The number of halogens is 5. The summed E-state index contributed by atoms with van der Waals surface area (Å²) in [5.41, 5.74) is 1.63. The van der Waals surface area contributed by atoms with E-state index in [0.717, 1.165) is 12.1 Å². The summed E-state index contributed by atoms with van der Waals surface area (Å²) in [5, 5.41) is 0.0790. The Morgan fingerprint density at radius 1 is 1.10 bits per heavy atom. The van der Waals surface area contributed by atoms with Gasteiger partial charge in [0.25, 0.3) is 0 Å². The Labute approximate surface area is 123 Å². The van der Waals surface area contributed by atoms with Crippen LogP contribution in [0.5, 0.6) is 0 Å². The fourth-order valence-corrected chi connectivity index (χ4v) is 2.30. The summed E-state index contributed by atoms with van der Waals surface area (Å²) in [5.74, 6) is 4.73. The van der Waals surface area contributed by atoms with Crippen LogP contribution in [-0.2, 0) is 6.18 Å². The highest BCUT2D eigenvalue weighted by atomic mass is 35.5. The maximum absolute atomic E-state index is 13.9. The first kappa shape index (κ1) is 15.8. The zero-order valence-electron chi connectivity index (χ0n) is 10.6. The molecule has 1 unspecified atom stereocenters. The van der Waals surface area contributed by atoms with Gasteiger partial charge in [0.1, 0.15) is 5.82 Å². The Kier molecular flexibility index (Phi) is 4.51. The third-order valence-corrected chi connectivity index (χ3v) is 3.33. The summed E-state index contributed by atoms with van der Waals surface area (Å²) < 4.78 is 52.1. The lowest BCUT2D eigenvalue weighted by Crippen LogP contribution is -2.30. The second-order valence-electron chi connectivity index (χ2n) is 4.36. The minimum absolute atomic E-state index is 0.000918. The zero-order valence-corrected chi connectivity index (χ0v) is 11.3. The van der Waals surface area contributed by atoms with E-state index in [1.165, 1.54) is 30.3 Å². The fourth-order valence-electron chi connectivity index (χ4n) is 2.03. The van der Waals surface area contributed by atoms with Gasteiger partial charge in [-0.3, -0.25) is 5.84 Å². The second kappa shape index (κ2) is 6.01. The number of hydrogen-bond acceptors (Lipinski definition) is 2. The molecule has 0 spiro atoms. The van der Waals surface area contributed by atoms with E-state index in [-0.39, 0.29) is 16.1 Å². The summed E-state index contributed by atoms with van der Waals surface area (Å²) in [6, 6.07) is 7.52. The van der Waals surface area contributed by atoms with Gasteiger partial charge in [0, 0.05) is 10.6 Å². The predicted molar refractivity (Wildman–Crippen MR) is 72.0 cm³/mol. The van der Waals surface area contributed by atoms with Crippen LogP contribution < -0.4 is 11.3 Å². The molecule has 0 saturated heterocycles. The van der Waals surface area contributed by atoms with Crippen LogP contribution in [0.3, 0.4) is 0 Å². The first-order chi connectivity index (χ1) is 9.84. The van der Waals surface area contributed by atoms with Gasteiger partial charge in [-0.15, -0.1) is 0 Å². The number of rotatable bonds is 3. The van der Waals surface area contributed by atoms with E-state index in [4.69, 9.17) is 17.4 Å². The lowest BCUT2D eigenvalue weighted by atomic mass is 9.97. The minimum atomic E-state index is -4.49. The number of hydrogen-bond donors (Lipinski definition) is 2. The van der Waals surface area contributed by atoms with Gasteiger partial charge in [-0.1, -0.05) is 29.8 Å². The Hall–Kier alpha value is -1.63. The summed E-state index contributed by atoms with van der Waals surface area (Å²) in [7, 11) is 0. The average molecular weight is 319 g/mol. The van der Waals surface area contributed by atoms with Crippen molar-refractivity contribution >= 4 is 11.6 Å². The summed E-state index contributed by atoms with van der Waals surface area (Å²) in [4.78, 5) is 0. The van der Waals surface area contributed by atoms with Gasteiger partial charge in [-0.25, -0.2) is 9.82 Å². The normalized spacial score (nSPS) is 13.2. The summed E-state index contributed by atoms with van der Waals surface area (Å²) in [6.45, 7) is 0. The van der Waals surface area contributed by atoms with E-state index in [1.54, 1.807) is 0 Å². The van der Waals surface area contributed by atoms with Crippen LogP contribution in [0.4, 0.5) is 17.6 Å². The topological polar surface area (TPSA) is 38.0 Å². The zero-order chi connectivity index (χ0) is 15.6. The number of alkyl halides is 3. The predicted octanol–water partition coefficient (Wildman–Crippen LogP) is 4.05. The van der Waals surface area contributed by atoms with Gasteiger partial charge < -0.3 is 0 Å². The maximum atomic E-state index is 13.9. The molecular weight excluding hydrogens is 308 g/mol. The van der Waals surface area contributed by atoms with Crippen LogP contribution in [0.25, 0.3) is 0 Å². The summed E-state index contributed by atoms with van der Waals surface area (Å²) >= 11 is 5.92. The van der Waals surface area contributed by atoms with E-state index in [1.807, 2.05) is 0 Å². The average Bonchev–Trinajstić information content (AvgIpc) is 2.42. The van der Waals surface area contributed by atoms with Gasteiger partial charge in [-0.2, -0.15) is 13.2 Å². The highest BCUT2D eigenvalue weighted by Gasteiger charge is 2.31. The Morgan fingerprint density at radius 2 is 1.76 bits per heavy atom. The second-order valence-corrected chi connectivity index (χ2v) is 4.77. The lowest BCUT2D eigenvalue weighted by molar-refractivity contribution is -0.137. The molecule has 3 N–H and O–H groups in total.